The van der Waals surface area contributed by atoms with E-state index in [1.165, 1.54) is 4.90 Å². The predicted molar refractivity (Wildman–Crippen MR) is 111 cm³/mol. The smallest absolute Gasteiger partial charge is 0.254 e. The van der Waals surface area contributed by atoms with Crippen LogP contribution in [-0.4, -0.2) is 43.3 Å². The fraction of sp³-hybridized carbons (Fsp3) is 0.381. The third kappa shape index (κ3) is 5.36. The van der Waals surface area contributed by atoms with Crippen LogP contribution < -0.4 is 0 Å². The summed E-state index contributed by atoms with van der Waals surface area (Å²) in [6.45, 7) is 2.60. The van der Waals surface area contributed by atoms with Crippen molar-refractivity contribution in [3.05, 3.63) is 65.7 Å². The number of sulfone groups is 1. The van der Waals surface area contributed by atoms with Gasteiger partial charge in [-0.1, -0.05) is 37.3 Å². The molecule has 3 rings (SSSR count). The molecule has 1 heterocycles. The monoisotopic (exact) mass is 403 g/mol. The van der Waals surface area contributed by atoms with Crippen LogP contribution in [0.1, 0.15) is 35.7 Å². The second-order valence-corrected chi connectivity index (χ2v) is 10.1. The van der Waals surface area contributed by atoms with Crippen molar-refractivity contribution in [3.63, 3.8) is 0 Å². The molecule has 1 fully saturated rings. The van der Waals surface area contributed by atoms with Crippen molar-refractivity contribution in [1.82, 2.24) is 4.90 Å². The Bertz CT molecular complexity index is 864. The second-order valence-electron chi connectivity index (χ2n) is 6.85. The molecule has 1 saturated heterocycles. The topological polar surface area (TPSA) is 54.5 Å². The highest BCUT2D eigenvalue weighted by Crippen LogP contribution is 2.24. The summed E-state index contributed by atoms with van der Waals surface area (Å²) in [5, 5.41) is 0. The minimum absolute atomic E-state index is 0.0683. The number of hydrogen-bond donors (Lipinski definition) is 0. The van der Waals surface area contributed by atoms with Gasteiger partial charge in [0.1, 0.15) is 0 Å². The average Bonchev–Trinajstić information content (AvgIpc) is 3.04. The number of benzene rings is 2. The molecule has 0 saturated carbocycles. The molecule has 2 aromatic carbocycles. The highest BCUT2D eigenvalue weighted by atomic mass is 32.2. The van der Waals surface area contributed by atoms with Crippen LogP contribution in [-0.2, 0) is 15.6 Å². The van der Waals surface area contributed by atoms with Crippen molar-refractivity contribution in [3.8, 4) is 0 Å². The number of amides is 1. The van der Waals surface area contributed by atoms with Gasteiger partial charge in [0.15, 0.2) is 9.84 Å². The van der Waals surface area contributed by atoms with Crippen LogP contribution in [0.4, 0.5) is 0 Å². The van der Waals surface area contributed by atoms with E-state index < -0.39 is 9.84 Å². The van der Waals surface area contributed by atoms with E-state index in [-0.39, 0.29) is 23.5 Å². The van der Waals surface area contributed by atoms with Crippen LogP contribution in [0, 0.1) is 0 Å². The summed E-state index contributed by atoms with van der Waals surface area (Å²) in [5.74, 6) is 1.05. The highest BCUT2D eigenvalue weighted by Gasteiger charge is 2.34. The van der Waals surface area contributed by atoms with Crippen molar-refractivity contribution in [2.45, 2.75) is 36.5 Å². The Balaban J connectivity index is 1.66. The van der Waals surface area contributed by atoms with Gasteiger partial charge >= 0.3 is 0 Å². The molecule has 0 aliphatic carbocycles. The largest absolute Gasteiger partial charge is 0.335 e. The first-order chi connectivity index (χ1) is 13.0. The zero-order chi connectivity index (χ0) is 19.3. The van der Waals surface area contributed by atoms with Gasteiger partial charge in [0.2, 0.25) is 0 Å². The van der Waals surface area contributed by atoms with Crippen LogP contribution in [0.25, 0.3) is 0 Å². The molecule has 2 aromatic rings. The Kier molecular flexibility index (Phi) is 6.60. The molecule has 27 heavy (non-hydrogen) atoms. The van der Waals surface area contributed by atoms with E-state index in [0.717, 1.165) is 17.7 Å². The summed E-state index contributed by atoms with van der Waals surface area (Å²) in [6.07, 6.45) is 1.36. The van der Waals surface area contributed by atoms with Gasteiger partial charge in [-0.05, 0) is 42.7 Å². The van der Waals surface area contributed by atoms with E-state index in [9.17, 15) is 13.2 Å². The van der Waals surface area contributed by atoms with Gasteiger partial charge in [-0.2, -0.15) is 0 Å². The van der Waals surface area contributed by atoms with Crippen molar-refractivity contribution in [2.24, 2.45) is 0 Å². The quantitative estimate of drug-likeness (QED) is 0.655. The van der Waals surface area contributed by atoms with Crippen LogP contribution >= 0.6 is 11.8 Å². The number of nitrogens with zero attached hydrogens (tertiary/aromatic N) is 1. The van der Waals surface area contributed by atoms with Gasteiger partial charge in [-0.25, -0.2) is 8.42 Å². The molecule has 4 nitrogen and oxygen atoms in total. The Morgan fingerprint density at radius 1 is 1.11 bits per heavy atom. The third-order valence-electron chi connectivity index (χ3n) is 4.72. The lowest BCUT2D eigenvalue weighted by Gasteiger charge is -2.28. The zero-order valence-electron chi connectivity index (χ0n) is 15.5. The van der Waals surface area contributed by atoms with E-state index in [4.69, 9.17) is 0 Å². The first-order valence-electron chi connectivity index (χ1n) is 9.26. The molecule has 0 spiro atoms. The summed E-state index contributed by atoms with van der Waals surface area (Å²) in [4.78, 5) is 15.9. The van der Waals surface area contributed by atoms with Crippen molar-refractivity contribution in [2.75, 3.05) is 18.1 Å². The van der Waals surface area contributed by atoms with Gasteiger partial charge in [0.25, 0.3) is 5.91 Å². The van der Waals surface area contributed by atoms with Gasteiger partial charge < -0.3 is 4.90 Å². The lowest BCUT2D eigenvalue weighted by atomic mass is 10.1. The van der Waals surface area contributed by atoms with Gasteiger partial charge in [0, 0.05) is 28.8 Å². The Morgan fingerprint density at radius 2 is 1.81 bits per heavy atom. The van der Waals surface area contributed by atoms with Crippen LogP contribution in [0.3, 0.4) is 0 Å². The molecule has 0 N–H and O–H groups in total. The molecule has 0 aromatic heterocycles. The predicted octanol–water partition coefficient (Wildman–Crippen LogP) is 4.02. The van der Waals surface area contributed by atoms with E-state index in [2.05, 4.69) is 12.1 Å². The van der Waals surface area contributed by atoms with Gasteiger partial charge in [0.05, 0.1) is 11.5 Å². The third-order valence-corrected chi connectivity index (χ3v) is 7.56. The number of thioether (sulfide) groups is 1. The van der Waals surface area contributed by atoms with Crippen LogP contribution in [0.15, 0.2) is 59.5 Å². The summed E-state index contributed by atoms with van der Waals surface area (Å²) in [7, 11) is -3.01. The molecule has 1 unspecified atom stereocenters. The maximum Gasteiger partial charge on any atom is 0.254 e. The van der Waals surface area contributed by atoms with Gasteiger partial charge in [-0.15, -0.1) is 11.8 Å². The highest BCUT2D eigenvalue weighted by molar-refractivity contribution is 7.98. The molecule has 1 amide bonds. The van der Waals surface area contributed by atoms with E-state index in [0.29, 0.717) is 18.5 Å². The molecule has 1 aliphatic rings. The Labute approximate surface area is 165 Å². The molecular formula is C21H25NO3S2. The lowest BCUT2D eigenvalue weighted by molar-refractivity contribution is 0.0697. The number of carbonyl (C=O) groups excluding carboxylic acids is 1. The van der Waals surface area contributed by atoms with Crippen LogP contribution in [0.2, 0.25) is 0 Å². The zero-order valence-corrected chi connectivity index (χ0v) is 17.1. The molecule has 144 valence electrons. The summed E-state index contributed by atoms with van der Waals surface area (Å²) in [6, 6.07) is 17.7. The number of carbonyl (C=O) groups is 1. The fourth-order valence-corrected chi connectivity index (χ4v) is 5.91. The fourth-order valence-electron chi connectivity index (χ4n) is 3.30. The van der Waals surface area contributed by atoms with Gasteiger partial charge in [-0.3, -0.25) is 4.79 Å². The average molecular weight is 404 g/mol. The minimum atomic E-state index is -3.01. The molecular weight excluding hydrogens is 378 g/mol. The minimum Gasteiger partial charge on any atom is -0.335 e. The Morgan fingerprint density at radius 3 is 2.41 bits per heavy atom. The summed E-state index contributed by atoms with van der Waals surface area (Å²) >= 11 is 1.76. The first-order valence-corrected chi connectivity index (χ1v) is 12.1. The summed E-state index contributed by atoms with van der Waals surface area (Å²) < 4.78 is 23.6. The Hall–Kier alpha value is -1.79. The van der Waals surface area contributed by atoms with E-state index in [1.54, 1.807) is 16.7 Å². The maximum absolute atomic E-state index is 12.9. The van der Waals surface area contributed by atoms with E-state index >= 15 is 0 Å². The standard InChI is InChI=1S/C21H25NO3S2/c1-2-13-22(19-12-14-27(24,25)16-19)21(23)18-10-8-17(9-11-18)15-26-20-6-4-3-5-7-20/h3-11,19H,2,12-16H2,1H3. The molecule has 6 heteroatoms. The number of hydrogen-bond acceptors (Lipinski definition) is 4. The van der Waals surface area contributed by atoms with Crippen molar-refractivity contribution >= 4 is 27.5 Å². The maximum atomic E-state index is 12.9. The normalized spacial score (nSPS) is 18.3. The van der Waals surface area contributed by atoms with Crippen molar-refractivity contribution in [1.29, 1.82) is 0 Å². The van der Waals surface area contributed by atoms with Crippen molar-refractivity contribution < 1.29 is 13.2 Å². The molecule has 1 atom stereocenters. The lowest BCUT2D eigenvalue weighted by Crippen LogP contribution is -2.41. The van der Waals surface area contributed by atoms with Crippen LogP contribution in [0.5, 0.6) is 0 Å². The summed E-state index contributed by atoms with van der Waals surface area (Å²) in [5.41, 5.74) is 1.78. The molecule has 1 aliphatic heterocycles. The van der Waals surface area contributed by atoms with E-state index in [1.807, 2.05) is 49.4 Å². The number of rotatable bonds is 7. The second kappa shape index (κ2) is 8.93. The molecule has 0 bridgehead atoms. The first kappa shape index (κ1) is 20.0. The molecule has 0 radical (unpaired) electrons. The SMILES string of the molecule is CCCN(C(=O)c1ccc(CSc2ccccc2)cc1)C1CCS(=O)(=O)C1.